The van der Waals surface area contributed by atoms with E-state index >= 15 is 0 Å². The lowest BCUT2D eigenvalue weighted by molar-refractivity contribution is -0.138. The number of hydrogen-bond donors (Lipinski definition) is 1. The number of benzene rings is 1. The number of alkyl halides is 3. The quantitative estimate of drug-likeness (QED) is 0.892. The number of piperidine rings is 1. The first-order chi connectivity index (χ1) is 10.4. The Hall–Kier alpha value is -1.12. The second-order valence-electron chi connectivity index (χ2n) is 6.70. The van der Waals surface area contributed by atoms with E-state index in [-0.39, 0.29) is 29.6 Å². The molecule has 1 aromatic carbocycles. The summed E-state index contributed by atoms with van der Waals surface area (Å²) >= 11 is 0. The largest absolute Gasteiger partial charge is 0.416 e. The van der Waals surface area contributed by atoms with Crippen LogP contribution >= 0.6 is 0 Å². The summed E-state index contributed by atoms with van der Waals surface area (Å²) in [7, 11) is -3.98. The monoisotopic (exact) mass is 350 g/mol. The number of rotatable bonds is 2. The van der Waals surface area contributed by atoms with E-state index < -0.39 is 27.2 Å². The van der Waals surface area contributed by atoms with Crippen molar-refractivity contribution in [1.29, 1.82) is 0 Å². The minimum atomic E-state index is -4.58. The molecule has 4 nitrogen and oxygen atoms in total. The summed E-state index contributed by atoms with van der Waals surface area (Å²) in [5.74, 6) is 0. The van der Waals surface area contributed by atoms with Gasteiger partial charge in [0, 0.05) is 19.1 Å². The smallest absolute Gasteiger partial charge is 0.327 e. The Morgan fingerprint density at radius 2 is 1.91 bits per heavy atom. The topological polar surface area (TPSA) is 63.4 Å². The van der Waals surface area contributed by atoms with Crippen molar-refractivity contribution in [2.45, 2.75) is 44.3 Å². The Bertz CT molecular complexity index is 699. The summed E-state index contributed by atoms with van der Waals surface area (Å²) in [6, 6.07) is 2.99. The van der Waals surface area contributed by atoms with Crippen LogP contribution in [0.3, 0.4) is 0 Å². The minimum absolute atomic E-state index is 0.00236. The number of sulfonamides is 1. The van der Waals surface area contributed by atoms with Gasteiger partial charge in [-0.05, 0) is 36.5 Å². The third-order valence-electron chi connectivity index (χ3n) is 4.43. The third-order valence-corrected chi connectivity index (χ3v) is 6.27. The Morgan fingerprint density at radius 1 is 1.30 bits per heavy atom. The second kappa shape index (κ2) is 5.75. The SMILES string of the molecule is Cc1ccc(S(=O)(=O)N2CCC(N)C(C)(C)C2)cc1C(F)(F)F. The first-order valence-electron chi connectivity index (χ1n) is 7.29. The molecule has 8 heteroatoms. The Labute approximate surface area is 134 Å². The Balaban J connectivity index is 2.41. The summed E-state index contributed by atoms with van der Waals surface area (Å²) < 4.78 is 65.6. The predicted molar refractivity (Wildman–Crippen MR) is 81.3 cm³/mol. The lowest BCUT2D eigenvalue weighted by Gasteiger charge is -2.41. The van der Waals surface area contributed by atoms with Crippen molar-refractivity contribution in [2.24, 2.45) is 11.1 Å². The maximum atomic E-state index is 13.0. The van der Waals surface area contributed by atoms with Crippen LogP contribution in [0.2, 0.25) is 0 Å². The summed E-state index contributed by atoms with van der Waals surface area (Å²) in [6.45, 7) is 5.42. The van der Waals surface area contributed by atoms with Gasteiger partial charge in [0.25, 0.3) is 0 Å². The van der Waals surface area contributed by atoms with Crippen molar-refractivity contribution in [2.75, 3.05) is 13.1 Å². The van der Waals surface area contributed by atoms with Gasteiger partial charge in [-0.25, -0.2) is 8.42 Å². The number of aryl methyl sites for hydroxylation is 1. The van der Waals surface area contributed by atoms with Crippen LogP contribution < -0.4 is 5.73 Å². The molecule has 2 N–H and O–H groups in total. The number of nitrogens with zero attached hydrogens (tertiary/aromatic N) is 1. The molecule has 0 amide bonds. The minimum Gasteiger partial charge on any atom is -0.327 e. The highest BCUT2D eigenvalue weighted by Gasteiger charge is 2.40. The molecule has 1 aliphatic rings. The van der Waals surface area contributed by atoms with E-state index in [0.29, 0.717) is 12.5 Å². The van der Waals surface area contributed by atoms with Crippen molar-refractivity contribution in [3.05, 3.63) is 29.3 Å². The molecule has 130 valence electrons. The molecular weight excluding hydrogens is 329 g/mol. The first kappa shape index (κ1) is 18.2. The average Bonchev–Trinajstić information content (AvgIpc) is 2.40. The number of halogens is 3. The summed E-state index contributed by atoms with van der Waals surface area (Å²) in [6.07, 6.45) is -4.11. The highest BCUT2D eigenvalue weighted by atomic mass is 32.2. The lowest BCUT2D eigenvalue weighted by atomic mass is 9.81. The standard InChI is InChI=1S/C15H21F3N2O2S/c1-10-4-5-11(8-12(10)15(16,17)18)23(21,22)20-7-6-13(19)14(2,3)9-20/h4-5,8,13H,6-7,9,19H2,1-3H3. The van der Waals surface area contributed by atoms with Gasteiger partial charge in [-0.2, -0.15) is 17.5 Å². The fourth-order valence-electron chi connectivity index (χ4n) is 2.75. The number of hydrogen-bond acceptors (Lipinski definition) is 3. The van der Waals surface area contributed by atoms with Crippen molar-refractivity contribution in [3.63, 3.8) is 0 Å². The van der Waals surface area contributed by atoms with Gasteiger partial charge >= 0.3 is 6.18 Å². The van der Waals surface area contributed by atoms with Crippen LogP contribution in [0.25, 0.3) is 0 Å². The molecule has 0 saturated carbocycles. The third kappa shape index (κ3) is 3.54. The molecule has 1 aromatic rings. The first-order valence-corrected chi connectivity index (χ1v) is 8.73. The zero-order chi connectivity index (χ0) is 17.6. The molecule has 0 radical (unpaired) electrons. The fourth-order valence-corrected chi connectivity index (χ4v) is 4.40. The summed E-state index contributed by atoms with van der Waals surface area (Å²) in [5.41, 5.74) is 4.63. The molecule has 2 rings (SSSR count). The van der Waals surface area contributed by atoms with Crippen LogP contribution in [-0.4, -0.2) is 31.9 Å². The van der Waals surface area contributed by atoms with Gasteiger partial charge in [-0.1, -0.05) is 19.9 Å². The molecule has 1 saturated heterocycles. The summed E-state index contributed by atoms with van der Waals surface area (Å²) in [4.78, 5) is -0.332. The van der Waals surface area contributed by atoms with Crippen molar-refractivity contribution in [3.8, 4) is 0 Å². The fraction of sp³-hybridized carbons (Fsp3) is 0.600. The van der Waals surface area contributed by atoms with Gasteiger partial charge in [-0.15, -0.1) is 0 Å². The van der Waals surface area contributed by atoms with E-state index in [1.807, 2.05) is 13.8 Å². The molecule has 0 bridgehead atoms. The van der Waals surface area contributed by atoms with E-state index in [0.717, 1.165) is 0 Å². The van der Waals surface area contributed by atoms with Crippen LogP contribution in [0, 0.1) is 12.3 Å². The zero-order valence-corrected chi connectivity index (χ0v) is 14.1. The molecule has 23 heavy (non-hydrogen) atoms. The molecule has 1 heterocycles. The van der Waals surface area contributed by atoms with Crippen LogP contribution in [0.4, 0.5) is 13.2 Å². The van der Waals surface area contributed by atoms with Gasteiger partial charge in [-0.3, -0.25) is 0 Å². The van der Waals surface area contributed by atoms with Gasteiger partial charge < -0.3 is 5.73 Å². The van der Waals surface area contributed by atoms with E-state index in [9.17, 15) is 21.6 Å². The highest BCUT2D eigenvalue weighted by Crippen LogP contribution is 2.35. The van der Waals surface area contributed by atoms with Crippen LogP contribution in [-0.2, 0) is 16.2 Å². The van der Waals surface area contributed by atoms with Gasteiger partial charge in [0.05, 0.1) is 10.5 Å². The molecular formula is C15H21F3N2O2S. The maximum Gasteiger partial charge on any atom is 0.416 e. The molecule has 1 atom stereocenters. The van der Waals surface area contributed by atoms with Crippen LogP contribution in [0.5, 0.6) is 0 Å². The average molecular weight is 350 g/mol. The Kier molecular flexibility index (Phi) is 4.56. The van der Waals surface area contributed by atoms with Gasteiger partial charge in [0.15, 0.2) is 0 Å². The van der Waals surface area contributed by atoms with E-state index in [2.05, 4.69) is 0 Å². The zero-order valence-electron chi connectivity index (χ0n) is 13.3. The second-order valence-corrected chi connectivity index (χ2v) is 8.63. The molecule has 1 unspecified atom stereocenters. The highest BCUT2D eigenvalue weighted by molar-refractivity contribution is 7.89. The molecule has 0 spiro atoms. The molecule has 1 fully saturated rings. The molecule has 1 aliphatic heterocycles. The van der Waals surface area contributed by atoms with E-state index in [4.69, 9.17) is 5.73 Å². The summed E-state index contributed by atoms with van der Waals surface area (Å²) in [5, 5.41) is 0. The lowest BCUT2D eigenvalue weighted by Crippen LogP contribution is -2.53. The van der Waals surface area contributed by atoms with E-state index in [1.165, 1.54) is 23.4 Å². The Morgan fingerprint density at radius 3 is 2.43 bits per heavy atom. The van der Waals surface area contributed by atoms with Gasteiger partial charge in [0.1, 0.15) is 0 Å². The van der Waals surface area contributed by atoms with Crippen LogP contribution in [0.15, 0.2) is 23.1 Å². The maximum absolute atomic E-state index is 13.0. The predicted octanol–water partition coefficient (Wildman–Crippen LogP) is 2.76. The van der Waals surface area contributed by atoms with Gasteiger partial charge in [0.2, 0.25) is 10.0 Å². The number of nitrogens with two attached hydrogens (primary N) is 1. The van der Waals surface area contributed by atoms with Crippen LogP contribution in [0.1, 0.15) is 31.4 Å². The normalized spacial score (nSPS) is 23.0. The van der Waals surface area contributed by atoms with Crippen molar-refractivity contribution in [1.82, 2.24) is 4.31 Å². The molecule has 0 aromatic heterocycles. The van der Waals surface area contributed by atoms with Crippen molar-refractivity contribution < 1.29 is 21.6 Å². The van der Waals surface area contributed by atoms with E-state index in [1.54, 1.807) is 0 Å². The molecule has 0 aliphatic carbocycles. The van der Waals surface area contributed by atoms with Crippen molar-refractivity contribution >= 4 is 10.0 Å².